The van der Waals surface area contributed by atoms with E-state index in [9.17, 15) is 9.59 Å². The van der Waals surface area contributed by atoms with Crippen LogP contribution in [0.3, 0.4) is 0 Å². The summed E-state index contributed by atoms with van der Waals surface area (Å²) >= 11 is 0. The topological polar surface area (TPSA) is 94.0 Å². The quantitative estimate of drug-likeness (QED) is 0.409. The molecule has 1 aromatic carbocycles. The van der Waals surface area contributed by atoms with Crippen molar-refractivity contribution in [3.05, 3.63) is 36.0 Å². The summed E-state index contributed by atoms with van der Waals surface area (Å²) in [7, 11) is 0. The van der Waals surface area contributed by atoms with Crippen LogP contribution in [0, 0.1) is 11.3 Å². The van der Waals surface area contributed by atoms with Gasteiger partial charge in [0.25, 0.3) is 5.91 Å². The van der Waals surface area contributed by atoms with Gasteiger partial charge in [-0.1, -0.05) is 13.3 Å². The zero-order valence-corrected chi connectivity index (χ0v) is 12.8. The second-order valence-corrected chi connectivity index (χ2v) is 4.68. The average molecular weight is 300 g/mol. The van der Waals surface area contributed by atoms with Crippen LogP contribution in [0.4, 0.5) is 11.4 Å². The number of nitrogens with one attached hydrogen (secondary N) is 3. The molecule has 0 aliphatic carbocycles. The van der Waals surface area contributed by atoms with E-state index >= 15 is 0 Å². The third kappa shape index (κ3) is 6.09. The zero-order valence-electron chi connectivity index (χ0n) is 12.8. The molecule has 0 atom stereocenters. The van der Waals surface area contributed by atoms with Crippen LogP contribution in [0.5, 0.6) is 0 Å². The number of nitrogens with zero attached hydrogens (tertiary/aromatic N) is 1. The monoisotopic (exact) mass is 300 g/mol. The van der Waals surface area contributed by atoms with E-state index in [2.05, 4.69) is 16.0 Å². The van der Waals surface area contributed by atoms with Gasteiger partial charge in [0.1, 0.15) is 11.6 Å². The highest BCUT2D eigenvalue weighted by atomic mass is 16.2. The second kappa shape index (κ2) is 9.19. The minimum atomic E-state index is -0.390. The second-order valence-electron chi connectivity index (χ2n) is 4.68. The molecule has 0 heterocycles. The lowest BCUT2D eigenvalue weighted by Crippen LogP contribution is -2.25. The first-order chi connectivity index (χ1) is 10.6. The van der Waals surface area contributed by atoms with Crippen molar-refractivity contribution in [1.29, 1.82) is 5.26 Å². The van der Waals surface area contributed by atoms with Crippen LogP contribution in [0.15, 0.2) is 36.0 Å². The number of benzene rings is 1. The number of amides is 2. The summed E-state index contributed by atoms with van der Waals surface area (Å²) in [6.45, 7) is 4.02. The molecular weight excluding hydrogens is 280 g/mol. The Bertz CT molecular complexity index is 585. The van der Waals surface area contributed by atoms with Gasteiger partial charge in [-0.2, -0.15) is 5.26 Å². The van der Waals surface area contributed by atoms with E-state index in [1.165, 1.54) is 13.1 Å². The van der Waals surface area contributed by atoms with Crippen molar-refractivity contribution in [3.8, 4) is 6.07 Å². The Morgan fingerprint density at radius 2 is 1.86 bits per heavy atom. The van der Waals surface area contributed by atoms with Crippen LogP contribution in [-0.2, 0) is 9.59 Å². The molecule has 6 nitrogen and oxygen atoms in total. The van der Waals surface area contributed by atoms with Gasteiger partial charge >= 0.3 is 0 Å². The molecule has 2 amide bonds. The van der Waals surface area contributed by atoms with Crippen LogP contribution in [0.2, 0.25) is 0 Å². The number of rotatable bonds is 7. The lowest BCUT2D eigenvalue weighted by Gasteiger charge is -2.06. The minimum absolute atomic E-state index is 0.0158. The van der Waals surface area contributed by atoms with Crippen molar-refractivity contribution in [3.63, 3.8) is 0 Å². The zero-order chi connectivity index (χ0) is 16.4. The SMILES string of the molecule is CCCCNC(=O)/C(C#N)=C\Nc1ccc(NC(C)=O)cc1. The largest absolute Gasteiger partial charge is 0.360 e. The Labute approximate surface area is 130 Å². The van der Waals surface area contributed by atoms with E-state index in [1.54, 1.807) is 24.3 Å². The van der Waals surface area contributed by atoms with Crippen LogP contribution >= 0.6 is 0 Å². The van der Waals surface area contributed by atoms with Gasteiger partial charge in [0.05, 0.1) is 0 Å². The molecule has 0 fully saturated rings. The summed E-state index contributed by atoms with van der Waals surface area (Å²) in [4.78, 5) is 22.7. The van der Waals surface area contributed by atoms with Crippen molar-refractivity contribution < 1.29 is 9.59 Å². The Morgan fingerprint density at radius 1 is 1.23 bits per heavy atom. The van der Waals surface area contributed by atoms with E-state index in [0.29, 0.717) is 17.9 Å². The molecule has 0 saturated heterocycles. The summed E-state index contributed by atoms with van der Waals surface area (Å²) in [5, 5.41) is 17.2. The summed E-state index contributed by atoms with van der Waals surface area (Å²) < 4.78 is 0. The predicted octanol–water partition coefficient (Wildman–Crippen LogP) is 2.38. The van der Waals surface area contributed by atoms with Gasteiger partial charge in [-0.15, -0.1) is 0 Å². The fourth-order valence-corrected chi connectivity index (χ4v) is 1.63. The smallest absolute Gasteiger partial charge is 0.263 e. The number of carbonyl (C=O) groups is 2. The molecule has 0 aliphatic heterocycles. The Balaban J connectivity index is 2.62. The maximum Gasteiger partial charge on any atom is 0.263 e. The molecule has 116 valence electrons. The summed E-state index contributed by atoms with van der Waals surface area (Å²) in [6.07, 6.45) is 3.22. The highest BCUT2D eigenvalue weighted by Gasteiger charge is 2.07. The molecule has 0 saturated carbocycles. The van der Waals surface area contributed by atoms with Crippen molar-refractivity contribution in [1.82, 2.24) is 5.32 Å². The number of anilines is 2. The molecule has 6 heteroatoms. The molecule has 3 N–H and O–H groups in total. The first-order valence-corrected chi connectivity index (χ1v) is 7.09. The van der Waals surface area contributed by atoms with Gasteiger partial charge in [-0.05, 0) is 30.7 Å². The van der Waals surface area contributed by atoms with Crippen molar-refractivity contribution in [2.45, 2.75) is 26.7 Å². The lowest BCUT2D eigenvalue weighted by atomic mass is 10.2. The minimum Gasteiger partial charge on any atom is -0.360 e. The van der Waals surface area contributed by atoms with E-state index in [0.717, 1.165) is 12.8 Å². The fraction of sp³-hybridized carbons (Fsp3) is 0.312. The molecule has 0 radical (unpaired) electrons. The lowest BCUT2D eigenvalue weighted by molar-refractivity contribution is -0.117. The van der Waals surface area contributed by atoms with Gasteiger partial charge in [-0.3, -0.25) is 9.59 Å². The first-order valence-electron chi connectivity index (χ1n) is 7.09. The van der Waals surface area contributed by atoms with Gasteiger partial charge in [0.15, 0.2) is 0 Å². The van der Waals surface area contributed by atoms with E-state index in [4.69, 9.17) is 5.26 Å². The van der Waals surface area contributed by atoms with Crippen molar-refractivity contribution in [2.24, 2.45) is 0 Å². The van der Waals surface area contributed by atoms with Gasteiger partial charge in [-0.25, -0.2) is 0 Å². The number of hydrogen-bond donors (Lipinski definition) is 3. The third-order valence-corrected chi connectivity index (χ3v) is 2.77. The molecule has 0 spiro atoms. The highest BCUT2D eigenvalue weighted by Crippen LogP contribution is 2.13. The molecule has 1 rings (SSSR count). The van der Waals surface area contributed by atoms with E-state index < -0.39 is 5.91 Å². The molecule has 0 unspecified atom stereocenters. The molecule has 0 bridgehead atoms. The molecule has 0 aliphatic rings. The Morgan fingerprint density at radius 3 is 2.41 bits per heavy atom. The molecule has 22 heavy (non-hydrogen) atoms. The number of unbranched alkanes of at least 4 members (excludes halogenated alkanes) is 1. The molecule has 0 aromatic heterocycles. The fourth-order valence-electron chi connectivity index (χ4n) is 1.63. The Hall–Kier alpha value is -2.81. The maximum absolute atomic E-state index is 11.8. The number of nitriles is 1. The van der Waals surface area contributed by atoms with Crippen molar-refractivity contribution in [2.75, 3.05) is 17.2 Å². The van der Waals surface area contributed by atoms with Crippen LogP contribution in [-0.4, -0.2) is 18.4 Å². The van der Waals surface area contributed by atoms with Crippen molar-refractivity contribution >= 4 is 23.2 Å². The third-order valence-electron chi connectivity index (χ3n) is 2.77. The van der Waals surface area contributed by atoms with Crippen LogP contribution in [0.1, 0.15) is 26.7 Å². The number of hydrogen-bond acceptors (Lipinski definition) is 4. The highest BCUT2D eigenvalue weighted by molar-refractivity contribution is 5.97. The van der Waals surface area contributed by atoms with Crippen LogP contribution < -0.4 is 16.0 Å². The normalized spacial score (nSPS) is 10.5. The summed E-state index contributed by atoms with van der Waals surface area (Å²) in [6, 6.07) is 8.80. The Kier molecular flexibility index (Phi) is 7.20. The molecular formula is C16H20N4O2. The average Bonchev–Trinajstić information content (AvgIpc) is 2.49. The first kappa shape index (κ1) is 17.2. The van der Waals surface area contributed by atoms with E-state index in [-0.39, 0.29) is 11.5 Å². The summed E-state index contributed by atoms with van der Waals surface area (Å²) in [5.74, 6) is -0.533. The predicted molar refractivity (Wildman–Crippen MR) is 86.0 cm³/mol. The van der Waals surface area contributed by atoms with Crippen LogP contribution in [0.25, 0.3) is 0 Å². The standard InChI is InChI=1S/C16H20N4O2/c1-3-4-9-18-16(22)13(10-17)11-19-14-5-7-15(8-6-14)20-12(2)21/h5-8,11,19H,3-4,9H2,1-2H3,(H,18,22)(H,20,21)/b13-11-. The van der Waals surface area contributed by atoms with E-state index in [1.807, 2.05) is 13.0 Å². The molecule has 1 aromatic rings. The summed E-state index contributed by atoms with van der Waals surface area (Å²) in [5.41, 5.74) is 1.41. The maximum atomic E-state index is 11.8. The van der Waals surface area contributed by atoms with Gasteiger partial charge in [0.2, 0.25) is 5.91 Å². The number of carbonyl (C=O) groups excluding carboxylic acids is 2. The van der Waals surface area contributed by atoms with Gasteiger partial charge < -0.3 is 16.0 Å². The van der Waals surface area contributed by atoms with Gasteiger partial charge in [0, 0.05) is 31.0 Å².